The van der Waals surface area contributed by atoms with Crippen LogP contribution < -0.4 is 5.73 Å². The number of hydrogen-bond acceptors (Lipinski definition) is 2. The van der Waals surface area contributed by atoms with Crippen molar-refractivity contribution < 1.29 is 4.39 Å². The molecule has 0 aliphatic heterocycles. The van der Waals surface area contributed by atoms with Crippen LogP contribution in [0.3, 0.4) is 0 Å². The van der Waals surface area contributed by atoms with Crippen LogP contribution in [0.25, 0.3) is 11.0 Å². The van der Waals surface area contributed by atoms with Gasteiger partial charge in [-0.3, -0.25) is 0 Å². The molecule has 0 spiro atoms. The Morgan fingerprint density at radius 2 is 2.06 bits per heavy atom. The van der Waals surface area contributed by atoms with Gasteiger partial charge in [-0.1, -0.05) is 26.8 Å². The SMILES string of the molecule is Cn1c(CC(N)C(C)(C)C)nc2c(F)cccc21. The maximum atomic E-state index is 13.6. The third kappa shape index (κ3) is 2.25. The van der Waals surface area contributed by atoms with E-state index in [9.17, 15) is 4.39 Å². The van der Waals surface area contributed by atoms with Crippen molar-refractivity contribution in [3.63, 3.8) is 0 Å². The molecule has 0 amide bonds. The first-order valence-electron chi connectivity index (χ1n) is 6.16. The Morgan fingerprint density at radius 3 is 2.61 bits per heavy atom. The highest BCUT2D eigenvalue weighted by Gasteiger charge is 2.23. The van der Waals surface area contributed by atoms with Crippen molar-refractivity contribution in [1.82, 2.24) is 9.55 Å². The van der Waals surface area contributed by atoms with Gasteiger partial charge in [0.1, 0.15) is 11.3 Å². The molecule has 0 aliphatic rings. The number of nitrogens with two attached hydrogens (primary N) is 1. The van der Waals surface area contributed by atoms with Crippen molar-refractivity contribution in [2.45, 2.75) is 33.2 Å². The lowest BCUT2D eigenvalue weighted by Crippen LogP contribution is -2.37. The van der Waals surface area contributed by atoms with E-state index in [1.54, 1.807) is 6.07 Å². The molecule has 0 fully saturated rings. The first kappa shape index (κ1) is 13.0. The van der Waals surface area contributed by atoms with Crippen LogP contribution in [0.5, 0.6) is 0 Å². The molecule has 0 saturated carbocycles. The summed E-state index contributed by atoms with van der Waals surface area (Å²) in [4.78, 5) is 4.37. The molecule has 1 atom stereocenters. The Kier molecular flexibility index (Phi) is 3.15. The molecule has 1 unspecified atom stereocenters. The molecular formula is C14H20FN3. The van der Waals surface area contributed by atoms with Crippen LogP contribution in [0.4, 0.5) is 4.39 Å². The summed E-state index contributed by atoms with van der Waals surface area (Å²) in [6.07, 6.45) is 0.647. The predicted molar refractivity (Wildman–Crippen MR) is 71.8 cm³/mol. The normalized spacial score (nSPS) is 14.1. The van der Waals surface area contributed by atoms with Crippen LogP contribution in [-0.4, -0.2) is 15.6 Å². The van der Waals surface area contributed by atoms with Gasteiger partial charge in [-0.2, -0.15) is 0 Å². The summed E-state index contributed by atoms with van der Waals surface area (Å²) in [6, 6.07) is 5.00. The van der Waals surface area contributed by atoms with E-state index in [2.05, 4.69) is 25.8 Å². The second kappa shape index (κ2) is 4.35. The van der Waals surface area contributed by atoms with E-state index in [1.165, 1.54) is 6.07 Å². The average Bonchev–Trinajstić information content (AvgIpc) is 2.57. The van der Waals surface area contributed by atoms with Crippen molar-refractivity contribution in [3.05, 3.63) is 29.8 Å². The van der Waals surface area contributed by atoms with Gasteiger partial charge in [0.15, 0.2) is 5.82 Å². The van der Waals surface area contributed by atoms with E-state index in [4.69, 9.17) is 5.73 Å². The van der Waals surface area contributed by atoms with E-state index in [0.717, 1.165) is 11.3 Å². The zero-order chi connectivity index (χ0) is 13.5. The van der Waals surface area contributed by atoms with Crippen LogP contribution in [0, 0.1) is 11.2 Å². The molecule has 2 rings (SSSR count). The van der Waals surface area contributed by atoms with Crippen molar-refractivity contribution in [3.8, 4) is 0 Å². The maximum absolute atomic E-state index is 13.6. The molecule has 0 bridgehead atoms. The molecule has 2 aromatic rings. The zero-order valence-electron chi connectivity index (χ0n) is 11.4. The molecule has 0 radical (unpaired) electrons. The molecule has 18 heavy (non-hydrogen) atoms. The van der Waals surface area contributed by atoms with Crippen molar-refractivity contribution in [2.24, 2.45) is 18.2 Å². The minimum atomic E-state index is -0.279. The van der Waals surface area contributed by atoms with E-state index in [-0.39, 0.29) is 17.3 Å². The van der Waals surface area contributed by atoms with Gasteiger partial charge in [0, 0.05) is 19.5 Å². The number of para-hydroxylation sites is 1. The standard InChI is InChI=1S/C14H20FN3/c1-14(2,3)11(16)8-12-17-13-9(15)6-5-7-10(13)18(12)4/h5-7,11H,8,16H2,1-4H3. The average molecular weight is 249 g/mol. The summed E-state index contributed by atoms with van der Waals surface area (Å²) in [5.74, 6) is 0.552. The van der Waals surface area contributed by atoms with Crippen LogP contribution in [0.15, 0.2) is 18.2 Å². The number of aromatic nitrogens is 2. The zero-order valence-corrected chi connectivity index (χ0v) is 11.4. The van der Waals surface area contributed by atoms with E-state index in [1.807, 2.05) is 17.7 Å². The fraction of sp³-hybridized carbons (Fsp3) is 0.500. The summed E-state index contributed by atoms with van der Waals surface area (Å²) in [6.45, 7) is 6.29. The van der Waals surface area contributed by atoms with E-state index >= 15 is 0 Å². The Hall–Kier alpha value is -1.42. The Balaban J connectivity index is 2.41. The first-order valence-corrected chi connectivity index (χ1v) is 6.16. The summed E-state index contributed by atoms with van der Waals surface area (Å²) in [7, 11) is 1.90. The molecule has 0 aliphatic carbocycles. The predicted octanol–water partition coefficient (Wildman–Crippen LogP) is 2.63. The van der Waals surface area contributed by atoms with Gasteiger partial charge in [-0.25, -0.2) is 9.37 Å². The lowest BCUT2D eigenvalue weighted by atomic mass is 9.85. The summed E-state index contributed by atoms with van der Waals surface area (Å²) < 4.78 is 15.6. The molecule has 98 valence electrons. The number of fused-ring (bicyclic) bond motifs is 1. The van der Waals surface area contributed by atoms with Gasteiger partial charge >= 0.3 is 0 Å². The number of nitrogens with zero attached hydrogens (tertiary/aromatic N) is 2. The van der Waals surface area contributed by atoms with Crippen LogP contribution in [0.2, 0.25) is 0 Å². The van der Waals surface area contributed by atoms with Gasteiger partial charge in [0.25, 0.3) is 0 Å². The third-order valence-electron chi connectivity index (χ3n) is 3.47. The highest BCUT2D eigenvalue weighted by molar-refractivity contribution is 5.76. The van der Waals surface area contributed by atoms with Crippen LogP contribution >= 0.6 is 0 Å². The Morgan fingerprint density at radius 1 is 1.39 bits per heavy atom. The van der Waals surface area contributed by atoms with Gasteiger partial charge < -0.3 is 10.3 Å². The lowest BCUT2D eigenvalue weighted by molar-refractivity contribution is 0.313. The number of hydrogen-bond donors (Lipinski definition) is 1. The number of aryl methyl sites for hydroxylation is 1. The van der Waals surface area contributed by atoms with Crippen molar-refractivity contribution in [1.29, 1.82) is 0 Å². The largest absolute Gasteiger partial charge is 0.331 e. The Labute approximate surface area is 107 Å². The number of imidazole rings is 1. The molecule has 0 saturated heterocycles. The summed E-state index contributed by atoms with van der Waals surface area (Å²) >= 11 is 0. The number of rotatable bonds is 2. The highest BCUT2D eigenvalue weighted by atomic mass is 19.1. The molecular weight excluding hydrogens is 229 g/mol. The van der Waals surface area contributed by atoms with Crippen molar-refractivity contribution >= 4 is 11.0 Å². The number of halogens is 1. The second-order valence-corrected chi connectivity index (χ2v) is 5.87. The van der Waals surface area contributed by atoms with Gasteiger partial charge in [0.2, 0.25) is 0 Å². The minimum absolute atomic E-state index is 0.00364. The third-order valence-corrected chi connectivity index (χ3v) is 3.47. The van der Waals surface area contributed by atoms with Crippen molar-refractivity contribution in [2.75, 3.05) is 0 Å². The molecule has 1 aromatic heterocycles. The molecule has 1 heterocycles. The first-order chi connectivity index (χ1) is 8.30. The molecule has 2 N–H and O–H groups in total. The molecule has 4 heteroatoms. The monoisotopic (exact) mass is 249 g/mol. The van der Waals surface area contributed by atoms with Gasteiger partial charge in [-0.15, -0.1) is 0 Å². The van der Waals surface area contributed by atoms with Gasteiger partial charge in [-0.05, 0) is 17.5 Å². The van der Waals surface area contributed by atoms with Gasteiger partial charge in [0.05, 0.1) is 5.52 Å². The van der Waals surface area contributed by atoms with E-state index in [0.29, 0.717) is 11.9 Å². The smallest absolute Gasteiger partial charge is 0.151 e. The maximum Gasteiger partial charge on any atom is 0.151 e. The quantitative estimate of drug-likeness (QED) is 0.889. The second-order valence-electron chi connectivity index (χ2n) is 5.87. The summed E-state index contributed by atoms with van der Waals surface area (Å²) in [5, 5.41) is 0. The molecule has 1 aromatic carbocycles. The van der Waals surface area contributed by atoms with Crippen LogP contribution in [0.1, 0.15) is 26.6 Å². The lowest BCUT2D eigenvalue weighted by Gasteiger charge is -2.26. The Bertz CT molecular complexity index is 566. The molecule has 3 nitrogen and oxygen atoms in total. The topological polar surface area (TPSA) is 43.8 Å². The number of benzene rings is 1. The minimum Gasteiger partial charge on any atom is -0.331 e. The highest BCUT2D eigenvalue weighted by Crippen LogP contribution is 2.23. The van der Waals surface area contributed by atoms with E-state index < -0.39 is 0 Å². The summed E-state index contributed by atoms with van der Waals surface area (Å²) in [5.41, 5.74) is 7.41. The fourth-order valence-electron chi connectivity index (χ4n) is 1.91. The van der Waals surface area contributed by atoms with Crippen LogP contribution in [-0.2, 0) is 13.5 Å². The fourth-order valence-corrected chi connectivity index (χ4v) is 1.91.